The quantitative estimate of drug-likeness (QED) is 0.212. The predicted octanol–water partition coefficient (Wildman–Crippen LogP) is 1.44. The smallest absolute Gasteiger partial charge is 0.253 e. The number of hydrogen-bond acceptors (Lipinski definition) is 5. The summed E-state index contributed by atoms with van der Waals surface area (Å²) in [5, 5.41) is 14.8. The molecule has 5 rings (SSSR count). The molecule has 0 fully saturated rings. The van der Waals surface area contributed by atoms with Crippen LogP contribution in [0.3, 0.4) is 0 Å². The number of rotatable bonds is 7. The molecule has 0 atom stereocenters. The highest BCUT2D eigenvalue weighted by Crippen LogP contribution is 2.29. The van der Waals surface area contributed by atoms with E-state index in [1.165, 1.54) is 22.5 Å². The Morgan fingerprint density at radius 1 is 0.947 bits per heavy atom. The molecule has 3 aromatic rings. The van der Waals surface area contributed by atoms with E-state index in [9.17, 15) is 19.5 Å². The van der Waals surface area contributed by atoms with Gasteiger partial charge in [-0.1, -0.05) is 56.1 Å². The summed E-state index contributed by atoms with van der Waals surface area (Å²) in [5.41, 5.74) is 11.0. The highest BCUT2D eigenvalue weighted by atomic mass is 28.3. The van der Waals surface area contributed by atoms with Crippen molar-refractivity contribution in [3.8, 4) is 0 Å². The highest BCUT2D eigenvalue weighted by molar-refractivity contribution is 7.01. The van der Waals surface area contributed by atoms with Crippen LogP contribution in [-0.2, 0) is 16.2 Å². The topological polar surface area (TPSA) is 101 Å². The van der Waals surface area contributed by atoms with E-state index >= 15 is 0 Å². The van der Waals surface area contributed by atoms with Gasteiger partial charge in [0, 0.05) is 36.4 Å². The molecule has 3 N–H and O–H groups in total. The van der Waals surface area contributed by atoms with Crippen LogP contribution in [0.15, 0.2) is 66.7 Å². The van der Waals surface area contributed by atoms with Crippen molar-refractivity contribution in [2.24, 2.45) is 0 Å². The number of fused-ring (bicyclic) bond motifs is 2. The number of carbonyl (C=O) groups excluding carboxylic acids is 3. The molecular formula is C31H30N2O4Si. The molecular weight excluding hydrogens is 492 g/mol. The molecule has 2 aliphatic rings. The molecule has 0 radical (unpaired) electrons. The van der Waals surface area contributed by atoms with Crippen LogP contribution in [0.1, 0.15) is 39.9 Å². The third-order valence-corrected chi connectivity index (χ3v) is 11.1. The van der Waals surface area contributed by atoms with Crippen molar-refractivity contribution in [1.82, 2.24) is 4.90 Å². The van der Waals surface area contributed by atoms with Gasteiger partial charge in [0.05, 0.1) is 6.61 Å². The van der Waals surface area contributed by atoms with Crippen LogP contribution in [0.5, 0.6) is 0 Å². The fourth-order valence-electron chi connectivity index (χ4n) is 5.52. The van der Waals surface area contributed by atoms with Crippen molar-refractivity contribution in [1.29, 1.82) is 0 Å². The van der Waals surface area contributed by atoms with Crippen LogP contribution in [0.4, 0.5) is 5.69 Å². The van der Waals surface area contributed by atoms with Crippen LogP contribution >= 0.6 is 0 Å². The van der Waals surface area contributed by atoms with Crippen LogP contribution in [0, 0.1) is 0 Å². The van der Waals surface area contributed by atoms with E-state index in [4.69, 9.17) is 5.73 Å². The average molecular weight is 523 g/mol. The van der Waals surface area contributed by atoms with Crippen molar-refractivity contribution in [2.45, 2.75) is 32.5 Å². The highest BCUT2D eigenvalue weighted by Gasteiger charge is 2.35. The van der Waals surface area contributed by atoms with Gasteiger partial charge < -0.3 is 10.8 Å². The Kier molecular flexibility index (Phi) is 6.50. The molecule has 0 unspecified atom stereocenters. The van der Waals surface area contributed by atoms with Gasteiger partial charge in [0.1, 0.15) is 8.07 Å². The lowest BCUT2D eigenvalue weighted by atomic mass is 9.89. The third kappa shape index (κ3) is 4.34. The third-order valence-electron chi connectivity index (χ3n) is 7.57. The van der Waals surface area contributed by atoms with Crippen LogP contribution in [-0.4, -0.2) is 42.2 Å². The number of nitrogens with two attached hydrogens (primary N) is 1. The fourth-order valence-corrected chi connectivity index (χ4v) is 8.65. The predicted molar refractivity (Wildman–Crippen MR) is 152 cm³/mol. The summed E-state index contributed by atoms with van der Waals surface area (Å²) < 4.78 is 0. The Bertz CT molecular complexity index is 1640. The minimum atomic E-state index is -2.11. The minimum absolute atomic E-state index is 0.0835. The maximum Gasteiger partial charge on any atom is 0.253 e. The number of aliphatic hydroxyl groups excluding tert-OH is 1. The molecule has 0 saturated heterocycles. The molecule has 2 heterocycles. The molecule has 2 amide bonds. The number of nitrogens with zero attached hydrogens (tertiary/aromatic N) is 1. The molecule has 7 heteroatoms. The zero-order chi connectivity index (χ0) is 27.2. The summed E-state index contributed by atoms with van der Waals surface area (Å²) in [6.45, 7) is 8.79. The van der Waals surface area contributed by atoms with Crippen molar-refractivity contribution in [3.63, 3.8) is 0 Å². The number of nitrogen functional groups attached to an aromatic ring is 1. The lowest BCUT2D eigenvalue weighted by Gasteiger charge is -2.33. The monoisotopic (exact) mass is 522 g/mol. The Hall–Kier alpha value is -4.07. The Labute approximate surface area is 222 Å². The van der Waals surface area contributed by atoms with Gasteiger partial charge in [-0.05, 0) is 67.7 Å². The lowest BCUT2D eigenvalue weighted by molar-refractivity contribution is -0.136. The SMILES string of the molecule is C=c1ccc2c(c1)[Si](C)(C)c1cc(N)ccc1C=2c1cc(C(=O)CCCN2C(=O)C=CC2=O)ccc1CO. The summed E-state index contributed by atoms with van der Waals surface area (Å²) in [6, 6.07) is 17.6. The summed E-state index contributed by atoms with van der Waals surface area (Å²) in [6.07, 6.45) is 3.06. The summed E-state index contributed by atoms with van der Waals surface area (Å²) >= 11 is 0. The first-order valence-corrected chi connectivity index (χ1v) is 15.7. The van der Waals surface area contributed by atoms with Gasteiger partial charge in [-0.3, -0.25) is 19.3 Å². The number of aliphatic hydroxyl groups is 1. The van der Waals surface area contributed by atoms with E-state index in [-0.39, 0.29) is 37.2 Å². The van der Waals surface area contributed by atoms with Gasteiger partial charge in [0.2, 0.25) is 0 Å². The van der Waals surface area contributed by atoms with E-state index in [1.54, 1.807) is 12.1 Å². The number of Topliss-reactive ketones (excluding diaryl/α,β-unsaturated/α-hetero) is 1. The largest absolute Gasteiger partial charge is 0.399 e. The minimum Gasteiger partial charge on any atom is -0.399 e. The number of ketones is 1. The van der Waals surface area contributed by atoms with Crippen molar-refractivity contribution in [3.05, 3.63) is 99.4 Å². The summed E-state index contributed by atoms with van der Waals surface area (Å²) in [4.78, 5) is 38.0. The Morgan fingerprint density at radius 2 is 1.68 bits per heavy atom. The van der Waals surface area contributed by atoms with Crippen molar-refractivity contribution >= 4 is 53.9 Å². The molecule has 0 bridgehead atoms. The number of carbonyl (C=O) groups is 3. The zero-order valence-corrected chi connectivity index (χ0v) is 22.6. The number of hydrogen-bond donors (Lipinski definition) is 2. The van der Waals surface area contributed by atoms with E-state index in [1.807, 2.05) is 24.3 Å². The number of benzene rings is 3. The Morgan fingerprint density at radius 3 is 2.39 bits per heavy atom. The zero-order valence-electron chi connectivity index (χ0n) is 21.6. The van der Waals surface area contributed by atoms with Gasteiger partial charge in [-0.25, -0.2) is 0 Å². The van der Waals surface area contributed by atoms with Crippen LogP contribution in [0.2, 0.25) is 13.1 Å². The van der Waals surface area contributed by atoms with Gasteiger partial charge >= 0.3 is 0 Å². The van der Waals surface area contributed by atoms with Gasteiger partial charge in [-0.2, -0.15) is 0 Å². The van der Waals surface area contributed by atoms with Crippen molar-refractivity contribution < 1.29 is 19.5 Å². The molecule has 2 aliphatic heterocycles. The van der Waals surface area contributed by atoms with Crippen LogP contribution in [0.25, 0.3) is 12.2 Å². The standard InChI is InChI=1S/C31H30N2O4Si/c1-19-6-10-23-27(15-19)38(2,3)28-17-22(32)9-11-24(28)31(23)25-16-20(7-8-21(25)18-34)26(35)5-4-14-33-29(36)12-13-30(33)37/h6-13,15-17,34H,1,4-5,14,18,32H2,2-3H3. The molecule has 0 aliphatic carbocycles. The second kappa shape index (κ2) is 9.67. The lowest BCUT2D eigenvalue weighted by Crippen LogP contribution is -2.63. The van der Waals surface area contributed by atoms with E-state index in [0.717, 1.165) is 37.6 Å². The molecule has 0 saturated carbocycles. The second-order valence-electron chi connectivity index (χ2n) is 10.4. The first kappa shape index (κ1) is 25.6. The van der Waals surface area contributed by atoms with E-state index in [2.05, 4.69) is 37.9 Å². The maximum atomic E-state index is 13.2. The number of imide groups is 1. The molecule has 38 heavy (non-hydrogen) atoms. The fraction of sp³-hybridized carbons (Fsp3) is 0.194. The summed E-state index contributed by atoms with van der Waals surface area (Å²) in [7, 11) is -2.11. The molecule has 0 spiro atoms. The molecule has 0 aromatic heterocycles. The van der Waals surface area contributed by atoms with Gasteiger partial charge in [0.15, 0.2) is 5.78 Å². The van der Waals surface area contributed by atoms with Crippen molar-refractivity contribution in [2.75, 3.05) is 12.3 Å². The average Bonchev–Trinajstić information content (AvgIpc) is 3.21. The molecule has 192 valence electrons. The number of anilines is 1. The first-order chi connectivity index (χ1) is 18.1. The Balaban J connectivity index is 1.59. The van der Waals surface area contributed by atoms with Crippen LogP contribution < -0.4 is 26.5 Å². The van der Waals surface area contributed by atoms with E-state index in [0.29, 0.717) is 17.7 Å². The maximum absolute atomic E-state index is 13.2. The first-order valence-electron chi connectivity index (χ1n) is 12.7. The summed E-state index contributed by atoms with van der Waals surface area (Å²) in [5.74, 6) is -0.777. The molecule has 6 nitrogen and oxygen atoms in total. The second-order valence-corrected chi connectivity index (χ2v) is 14.7. The van der Waals surface area contributed by atoms with Gasteiger partial charge in [0.25, 0.3) is 11.8 Å². The van der Waals surface area contributed by atoms with Gasteiger partial charge in [-0.15, -0.1) is 0 Å². The van der Waals surface area contributed by atoms with E-state index < -0.39 is 8.07 Å². The molecule has 3 aromatic carbocycles. The number of amides is 2. The normalized spacial score (nSPS) is 15.6.